The lowest BCUT2D eigenvalue weighted by Gasteiger charge is -2.07. The van der Waals surface area contributed by atoms with Crippen LogP contribution in [-0.4, -0.2) is 4.98 Å². The molecule has 3 aromatic rings. The fourth-order valence-electron chi connectivity index (χ4n) is 2.39. The zero-order valence-electron chi connectivity index (χ0n) is 11.7. The Kier molecular flexibility index (Phi) is 4.52. The molecule has 1 N–H and O–H groups in total. The second-order valence-electron chi connectivity index (χ2n) is 5.01. The summed E-state index contributed by atoms with van der Waals surface area (Å²) in [6, 6.07) is 11.2. The molecule has 0 unspecified atom stereocenters. The molecule has 1 aromatic heterocycles. The Labute approximate surface area is 132 Å². The molecule has 1 radical (unpaired) electrons. The summed E-state index contributed by atoms with van der Waals surface area (Å²) in [4.78, 5) is 3.20. The van der Waals surface area contributed by atoms with Crippen molar-refractivity contribution in [3.8, 4) is 0 Å². The highest BCUT2D eigenvalue weighted by Gasteiger charge is 2.29. The van der Waals surface area contributed by atoms with E-state index in [0.717, 1.165) is 39.7 Å². The molecule has 0 aliphatic carbocycles. The predicted molar refractivity (Wildman–Crippen MR) is 84.2 cm³/mol. The van der Waals surface area contributed by atoms with Crippen LogP contribution in [0.5, 0.6) is 0 Å². The van der Waals surface area contributed by atoms with E-state index in [9.17, 15) is 13.2 Å². The molecule has 0 bridgehead atoms. The Bertz CT molecular complexity index is 773. The Morgan fingerprint density at radius 3 is 2.32 bits per heavy atom. The van der Waals surface area contributed by atoms with Crippen LogP contribution in [0, 0.1) is 13.3 Å². The number of nitrogens with one attached hydrogen (secondary N) is 1. The third-order valence-electron chi connectivity index (χ3n) is 3.52. The maximum absolute atomic E-state index is 12.5. The van der Waals surface area contributed by atoms with E-state index < -0.39 is 11.7 Å². The van der Waals surface area contributed by atoms with Crippen LogP contribution in [0.1, 0.15) is 22.3 Å². The van der Waals surface area contributed by atoms with Crippen molar-refractivity contribution in [1.82, 2.24) is 4.98 Å². The molecule has 0 amide bonds. The molecular formula is C17H14ClF3N. The standard InChI is InChI=1S/C17H13F3N.ClH/c1-11-3-2-4-15-13(10-21-16(11)15)9-12-5-7-14(8-6-12)17(18,19)20;/h2-10,21H,1H3;1H. The van der Waals surface area contributed by atoms with Crippen molar-refractivity contribution < 1.29 is 13.2 Å². The minimum absolute atomic E-state index is 0. The van der Waals surface area contributed by atoms with Crippen molar-refractivity contribution in [2.45, 2.75) is 13.1 Å². The molecule has 0 aliphatic heterocycles. The summed E-state index contributed by atoms with van der Waals surface area (Å²) < 4.78 is 37.6. The lowest BCUT2D eigenvalue weighted by molar-refractivity contribution is -0.137. The van der Waals surface area contributed by atoms with Crippen LogP contribution in [-0.2, 0) is 6.18 Å². The number of hydrogen-bond donors (Lipinski definition) is 1. The summed E-state index contributed by atoms with van der Waals surface area (Å²) in [7, 11) is 0. The fraction of sp³-hybridized carbons (Fsp3) is 0.118. The van der Waals surface area contributed by atoms with Crippen molar-refractivity contribution in [3.05, 3.63) is 77.3 Å². The molecule has 0 fully saturated rings. The average Bonchev–Trinajstić information content (AvgIpc) is 2.83. The van der Waals surface area contributed by atoms with E-state index in [2.05, 4.69) is 4.98 Å². The van der Waals surface area contributed by atoms with Crippen LogP contribution < -0.4 is 0 Å². The molecule has 2 aromatic carbocycles. The normalized spacial score (nSPS) is 11.5. The first-order valence-corrected chi connectivity index (χ1v) is 6.54. The van der Waals surface area contributed by atoms with Gasteiger partial charge in [-0.1, -0.05) is 30.3 Å². The number of fused-ring (bicyclic) bond motifs is 1. The minimum Gasteiger partial charge on any atom is -0.361 e. The first-order valence-electron chi connectivity index (χ1n) is 6.54. The van der Waals surface area contributed by atoms with Gasteiger partial charge >= 0.3 is 6.18 Å². The Morgan fingerprint density at radius 1 is 1.00 bits per heavy atom. The summed E-state index contributed by atoms with van der Waals surface area (Å²) >= 11 is 0. The lowest BCUT2D eigenvalue weighted by atomic mass is 10.0. The molecule has 0 aliphatic rings. The summed E-state index contributed by atoms with van der Waals surface area (Å²) in [5.74, 6) is 0. The van der Waals surface area contributed by atoms with Crippen LogP contribution in [0.25, 0.3) is 10.9 Å². The van der Waals surface area contributed by atoms with Gasteiger partial charge in [0.1, 0.15) is 0 Å². The third-order valence-corrected chi connectivity index (χ3v) is 3.52. The first kappa shape index (κ1) is 16.4. The monoisotopic (exact) mass is 324 g/mol. The van der Waals surface area contributed by atoms with Crippen molar-refractivity contribution >= 4 is 23.3 Å². The van der Waals surface area contributed by atoms with Crippen LogP contribution in [0.2, 0.25) is 0 Å². The molecule has 22 heavy (non-hydrogen) atoms. The topological polar surface area (TPSA) is 15.8 Å². The zero-order chi connectivity index (χ0) is 15.0. The Hall–Kier alpha value is -1.94. The summed E-state index contributed by atoms with van der Waals surface area (Å²) in [6.07, 6.45) is -0.551. The van der Waals surface area contributed by atoms with Crippen LogP contribution >= 0.6 is 12.4 Å². The highest BCUT2D eigenvalue weighted by molar-refractivity contribution is 5.87. The van der Waals surface area contributed by atoms with Gasteiger partial charge in [-0.05, 0) is 35.7 Å². The molecule has 5 heteroatoms. The van der Waals surface area contributed by atoms with Gasteiger partial charge in [-0.25, -0.2) is 0 Å². The van der Waals surface area contributed by atoms with E-state index in [1.165, 1.54) is 12.1 Å². The van der Waals surface area contributed by atoms with Crippen LogP contribution in [0.15, 0.2) is 48.7 Å². The largest absolute Gasteiger partial charge is 0.416 e. The molecule has 115 valence electrons. The van der Waals surface area contributed by atoms with Gasteiger partial charge in [0, 0.05) is 23.5 Å². The SMILES string of the molecule is Cc1cccc2c([CH]c3ccc(C(F)(F)F)cc3)c[nH]c12.Cl. The molecule has 0 spiro atoms. The summed E-state index contributed by atoms with van der Waals surface area (Å²) in [5.41, 5.74) is 3.27. The minimum atomic E-state index is -4.30. The van der Waals surface area contributed by atoms with Gasteiger partial charge in [0.25, 0.3) is 0 Å². The van der Waals surface area contributed by atoms with E-state index in [-0.39, 0.29) is 12.4 Å². The summed E-state index contributed by atoms with van der Waals surface area (Å²) in [6.45, 7) is 2.01. The van der Waals surface area contributed by atoms with Gasteiger partial charge in [-0.3, -0.25) is 0 Å². The van der Waals surface area contributed by atoms with Crippen molar-refractivity contribution in [3.63, 3.8) is 0 Å². The van der Waals surface area contributed by atoms with E-state index >= 15 is 0 Å². The fourth-order valence-corrected chi connectivity index (χ4v) is 2.39. The van der Waals surface area contributed by atoms with Crippen molar-refractivity contribution in [2.75, 3.05) is 0 Å². The highest BCUT2D eigenvalue weighted by atomic mass is 35.5. The van der Waals surface area contributed by atoms with E-state index in [4.69, 9.17) is 0 Å². The highest BCUT2D eigenvalue weighted by Crippen LogP contribution is 2.30. The van der Waals surface area contributed by atoms with E-state index in [1.54, 1.807) is 0 Å². The molecule has 0 saturated heterocycles. The number of benzene rings is 2. The number of hydrogen-bond acceptors (Lipinski definition) is 0. The second-order valence-corrected chi connectivity index (χ2v) is 5.01. The predicted octanol–water partition coefficient (Wildman–Crippen LogP) is 5.52. The van der Waals surface area contributed by atoms with Gasteiger partial charge in [0.05, 0.1) is 5.56 Å². The van der Waals surface area contributed by atoms with E-state index in [0.29, 0.717) is 0 Å². The van der Waals surface area contributed by atoms with Gasteiger partial charge in [-0.15, -0.1) is 12.4 Å². The molecule has 3 rings (SSSR count). The number of alkyl halides is 3. The molecule has 0 atom stereocenters. The smallest absolute Gasteiger partial charge is 0.361 e. The van der Waals surface area contributed by atoms with Crippen molar-refractivity contribution in [2.24, 2.45) is 0 Å². The number of aryl methyl sites for hydroxylation is 1. The Morgan fingerprint density at radius 2 is 1.68 bits per heavy atom. The van der Waals surface area contributed by atoms with Crippen molar-refractivity contribution in [1.29, 1.82) is 0 Å². The number of aromatic amines is 1. The lowest BCUT2D eigenvalue weighted by Crippen LogP contribution is -2.04. The number of halogens is 4. The number of aromatic nitrogens is 1. The molecule has 0 saturated carbocycles. The van der Waals surface area contributed by atoms with Gasteiger partial charge in [-0.2, -0.15) is 13.2 Å². The Balaban J connectivity index is 0.00000176. The molecular weight excluding hydrogens is 311 g/mol. The zero-order valence-corrected chi connectivity index (χ0v) is 12.6. The first-order chi connectivity index (χ1) is 9.95. The third kappa shape index (κ3) is 3.12. The van der Waals surface area contributed by atoms with Gasteiger partial charge in [0.15, 0.2) is 0 Å². The quantitative estimate of drug-likeness (QED) is 0.639. The van der Waals surface area contributed by atoms with E-state index in [1.807, 2.05) is 37.7 Å². The average molecular weight is 325 g/mol. The molecule has 1 nitrogen and oxygen atoms in total. The maximum Gasteiger partial charge on any atom is 0.416 e. The van der Waals surface area contributed by atoms with Gasteiger partial charge in [0.2, 0.25) is 0 Å². The number of H-pyrrole nitrogens is 1. The van der Waals surface area contributed by atoms with Gasteiger partial charge < -0.3 is 4.98 Å². The number of rotatable bonds is 2. The second kappa shape index (κ2) is 6.05. The molecule has 1 heterocycles. The number of para-hydroxylation sites is 1. The summed E-state index contributed by atoms with van der Waals surface area (Å²) in [5, 5.41) is 1.06. The van der Waals surface area contributed by atoms with Crippen LogP contribution in [0.4, 0.5) is 13.2 Å². The maximum atomic E-state index is 12.5. The van der Waals surface area contributed by atoms with Crippen LogP contribution in [0.3, 0.4) is 0 Å².